The summed E-state index contributed by atoms with van der Waals surface area (Å²) in [5, 5.41) is 11.9. The Bertz CT molecular complexity index is 683. The van der Waals surface area contributed by atoms with Crippen molar-refractivity contribution in [3.8, 4) is 0 Å². The van der Waals surface area contributed by atoms with Gasteiger partial charge in [0.05, 0.1) is 12.6 Å². The minimum absolute atomic E-state index is 0.326. The molecule has 2 heterocycles. The molecule has 1 aromatic carbocycles. The lowest BCUT2D eigenvalue weighted by atomic mass is 10.1. The minimum Gasteiger partial charge on any atom is -0.390 e. The van der Waals surface area contributed by atoms with Crippen molar-refractivity contribution < 1.29 is 5.11 Å². The van der Waals surface area contributed by atoms with Gasteiger partial charge < -0.3 is 14.6 Å². The molecule has 0 amide bonds. The van der Waals surface area contributed by atoms with E-state index in [4.69, 9.17) is 0 Å². The second-order valence-electron chi connectivity index (χ2n) is 7.10. The summed E-state index contributed by atoms with van der Waals surface area (Å²) in [5.74, 6) is 0. The average Bonchev–Trinajstić information content (AvgIpc) is 2.74. The fraction of sp³-hybridized carbons (Fsp3) is 0.579. The van der Waals surface area contributed by atoms with Crippen LogP contribution in [0.3, 0.4) is 0 Å². The van der Waals surface area contributed by atoms with Gasteiger partial charge >= 0.3 is 0 Å². The maximum atomic E-state index is 10.6. The second-order valence-corrected chi connectivity index (χ2v) is 7.10. The molecule has 3 rings (SSSR count). The smallest absolute Gasteiger partial charge is 0.0845 e. The Hall–Kier alpha value is -1.36. The van der Waals surface area contributed by atoms with Crippen LogP contribution in [-0.4, -0.2) is 65.3 Å². The van der Waals surface area contributed by atoms with Crippen LogP contribution in [0.2, 0.25) is 0 Å². The highest BCUT2D eigenvalue weighted by Crippen LogP contribution is 2.26. The van der Waals surface area contributed by atoms with E-state index < -0.39 is 0 Å². The Morgan fingerprint density at radius 2 is 1.74 bits per heavy atom. The summed E-state index contributed by atoms with van der Waals surface area (Å²) in [7, 11) is 2.16. The van der Waals surface area contributed by atoms with Crippen LogP contribution in [-0.2, 0) is 6.54 Å². The van der Waals surface area contributed by atoms with E-state index in [1.807, 2.05) is 0 Å². The quantitative estimate of drug-likeness (QED) is 0.938. The normalized spacial score (nSPS) is 18.7. The monoisotopic (exact) mass is 315 g/mol. The molecule has 0 spiro atoms. The summed E-state index contributed by atoms with van der Waals surface area (Å²) in [6.45, 7) is 12.2. The van der Waals surface area contributed by atoms with Gasteiger partial charge in [-0.2, -0.15) is 0 Å². The number of aliphatic hydroxyl groups excluding tert-OH is 1. The predicted molar refractivity (Wildman–Crippen MR) is 96.1 cm³/mol. The van der Waals surface area contributed by atoms with Gasteiger partial charge in [-0.15, -0.1) is 0 Å². The van der Waals surface area contributed by atoms with Crippen LogP contribution in [0.4, 0.5) is 0 Å². The largest absolute Gasteiger partial charge is 0.390 e. The van der Waals surface area contributed by atoms with Crippen LogP contribution >= 0.6 is 0 Å². The first-order valence-electron chi connectivity index (χ1n) is 8.60. The summed E-state index contributed by atoms with van der Waals surface area (Å²) < 4.78 is 2.28. The minimum atomic E-state index is -0.326. The molecule has 1 fully saturated rings. The van der Waals surface area contributed by atoms with E-state index in [2.05, 4.69) is 60.4 Å². The van der Waals surface area contributed by atoms with Crippen LogP contribution < -0.4 is 0 Å². The first kappa shape index (κ1) is 16.5. The molecular formula is C19H29N3O. The number of nitrogens with zero attached hydrogens (tertiary/aromatic N) is 3. The van der Waals surface area contributed by atoms with E-state index in [9.17, 15) is 5.11 Å². The van der Waals surface area contributed by atoms with Crippen molar-refractivity contribution in [2.45, 2.75) is 33.4 Å². The van der Waals surface area contributed by atoms with Gasteiger partial charge in [0.15, 0.2) is 0 Å². The fourth-order valence-electron chi connectivity index (χ4n) is 3.60. The van der Waals surface area contributed by atoms with E-state index in [0.717, 1.165) is 32.7 Å². The number of likely N-dealkylation sites (N-methyl/N-ethyl adjacent to an activating group) is 1. The number of hydrogen-bond donors (Lipinski definition) is 1. The van der Waals surface area contributed by atoms with Crippen molar-refractivity contribution >= 4 is 10.9 Å². The molecule has 0 saturated carbocycles. The van der Waals surface area contributed by atoms with Crippen LogP contribution in [0.15, 0.2) is 18.2 Å². The van der Waals surface area contributed by atoms with Gasteiger partial charge in [0.1, 0.15) is 0 Å². The molecule has 0 bridgehead atoms. The lowest BCUT2D eigenvalue weighted by Gasteiger charge is -2.33. The molecule has 0 aliphatic carbocycles. The van der Waals surface area contributed by atoms with Crippen LogP contribution in [0.5, 0.6) is 0 Å². The third-order valence-corrected chi connectivity index (χ3v) is 5.25. The molecular weight excluding hydrogens is 286 g/mol. The number of aliphatic hydroxyl groups is 1. The first-order chi connectivity index (χ1) is 11.0. The van der Waals surface area contributed by atoms with Crippen LogP contribution in [0.25, 0.3) is 10.9 Å². The molecule has 1 atom stereocenters. The number of aromatic nitrogens is 1. The molecule has 4 heteroatoms. The Labute approximate surface area is 139 Å². The number of hydrogen-bond acceptors (Lipinski definition) is 3. The van der Waals surface area contributed by atoms with Crippen LogP contribution in [0.1, 0.15) is 16.8 Å². The Morgan fingerprint density at radius 1 is 1.04 bits per heavy atom. The van der Waals surface area contributed by atoms with Crippen molar-refractivity contribution in [2.24, 2.45) is 0 Å². The van der Waals surface area contributed by atoms with Gasteiger partial charge in [-0.1, -0.05) is 11.6 Å². The number of aryl methyl sites for hydroxylation is 2. The summed E-state index contributed by atoms with van der Waals surface area (Å²) >= 11 is 0. The molecule has 0 radical (unpaired) electrons. The van der Waals surface area contributed by atoms with Crippen LogP contribution in [0, 0.1) is 20.8 Å². The molecule has 1 N–H and O–H groups in total. The number of rotatable bonds is 4. The number of benzene rings is 1. The van der Waals surface area contributed by atoms with Gasteiger partial charge in [-0.3, -0.25) is 4.90 Å². The summed E-state index contributed by atoms with van der Waals surface area (Å²) in [6.07, 6.45) is -0.326. The molecule has 1 aliphatic rings. The molecule has 1 aromatic heterocycles. The predicted octanol–water partition coefficient (Wildman–Crippen LogP) is 2.17. The van der Waals surface area contributed by atoms with E-state index in [-0.39, 0.29) is 6.10 Å². The number of fused-ring (bicyclic) bond motifs is 1. The highest BCUT2D eigenvalue weighted by Gasteiger charge is 2.19. The van der Waals surface area contributed by atoms with E-state index >= 15 is 0 Å². The molecule has 4 nitrogen and oxygen atoms in total. The van der Waals surface area contributed by atoms with Crippen molar-refractivity contribution in [3.05, 3.63) is 35.0 Å². The zero-order chi connectivity index (χ0) is 16.6. The fourth-order valence-corrected chi connectivity index (χ4v) is 3.60. The van der Waals surface area contributed by atoms with E-state index in [1.54, 1.807) is 0 Å². The lowest BCUT2D eigenvalue weighted by Crippen LogP contribution is -2.47. The SMILES string of the molecule is Cc1ccc2c(c1)c(C)c(C)n2CC(O)CN1CCN(C)CC1. The molecule has 1 aliphatic heterocycles. The third-order valence-electron chi connectivity index (χ3n) is 5.25. The summed E-state index contributed by atoms with van der Waals surface area (Å²) in [4.78, 5) is 4.72. The van der Waals surface area contributed by atoms with E-state index in [0.29, 0.717) is 6.54 Å². The van der Waals surface area contributed by atoms with Crippen molar-refractivity contribution in [2.75, 3.05) is 39.8 Å². The topological polar surface area (TPSA) is 31.6 Å². The molecule has 1 saturated heterocycles. The maximum Gasteiger partial charge on any atom is 0.0845 e. The van der Waals surface area contributed by atoms with Gasteiger partial charge in [-0.25, -0.2) is 0 Å². The molecule has 1 unspecified atom stereocenters. The first-order valence-corrected chi connectivity index (χ1v) is 8.60. The van der Waals surface area contributed by atoms with Crippen molar-refractivity contribution in [1.82, 2.24) is 14.4 Å². The van der Waals surface area contributed by atoms with Crippen molar-refractivity contribution in [3.63, 3.8) is 0 Å². The Balaban J connectivity index is 1.74. The molecule has 23 heavy (non-hydrogen) atoms. The zero-order valence-electron chi connectivity index (χ0n) is 14.8. The van der Waals surface area contributed by atoms with Crippen molar-refractivity contribution in [1.29, 1.82) is 0 Å². The lowest BCUT2D eigenvalue weighted by molar-refractivity contribution is 0.0714. The number of β-amino-alcohol motifs (C(OH)–C–C–N with tert-alkyl or cyclic N) is 1. The van der Waals surface area contributed by atoms with Gasteiger partial charge in [0, 0.05) is 49.3 Å². The summed E-state index contributed by atoms with van der Waals surface area (Å²) in [6, 6.07) is 6.60. The maximum absolute atomic E-state index is 10.6. The Morgan fingerprint density at radius 3 is 2.43 bits per heavy atom. The van der Waals surface area contributed by atoms with E-state index in [1.165, 1.54) is 27.7 Å². The summed E-state index contributed by atoms with van der Waals surface area (Å²) in [5.41, 5.74) is 5.12. The number of piperazine rings is 1. The average molecular weight is 315 g/mol. The Kier molecular flexibility index (Phi) is 4.76. The second kappa shape index (κ2) is 6.63. The third kappa shape index (κ3) is 3.44. The highest BCUT2D eigenvalue weighted by molar-refractivity contribution is 5.85. The van der Waals surface area contributed by atoms with Gasteiger partial charge in [0.2, 0.25) is 0 Å². The molecule has 2 aromatic rings. The highest BCUT2D eigenvalue weighted by atomic mass is 16.3. The zero-order valence-corrected chi connectivity index (χ0v) is 14.8. The standard InChI is InChI=1S/C19H29N3O/c1-14-5-6-19-18(11-14)15(2)16(3)22(19)13-17(23)12-21-9-7-20(4)8-10-21/h5-6,11,17,23H,7-10,12-13H2,1-4H3. The van der Waals surface area contributed by atoms with Gasteiger partial charge in [0.25, 0.3) is 0 Å². The molecule has 126 valence electrons. The van der Waals surface area contributed by atoms with Gasteiger partial charge in [-0.05, 0) is 45.5 Å².